The number of ketones is 1. The fourth-order valence-corrected chi connectivity index (χ4v) is 2.09. The van der Waals surface area contributed by atoms with Crippen molar-refractivity contribution in [1.29, 1.82) is 0 Å². The Hall–Kier alpha value is -1.06. The van der Waals surface area contributed by atoms with Crippen LogP contribution in [-0.2, 0) is 9.53 Å². The van der Waals surface area contributed by atoms with E-state index in [-0.39, 0.29) is 23.8 Å². The van der Waals surface area contributed by atoms with E-state index in [1.807, 2.05) is 27.7 Å². The first kappa shape index (κ1) is 13.0. The van der Waals surface area contributed by atoms with Crippen LogP contribution in [0.1, 0.15) is 41.0 Å². The Morgan fingerprint density at radius 1 is 1.31 bits per heavy atom. The first-order valence-corrected chi connectivity index (χ1v) is 5.72. The van der Waals surface area contributed by atoms with Gasteiger partial charge in [-0.3, -0.25) is 9.69 Å². The van der Waals surface area contributed by atoms with Gasteiger partial charge in [0.2, 0.25) is 0 Å². The molecular formula is C12H21NO3. The lowest BCUT2D eigenvalue weighted by molar-refractivity contribution is -0.122. The molecule has 2 unspecified atom stereocenters. The summed E-state index contributed by atoms with van der Waals surface area (Å²) in [5.74, 6) is 0.265. The van der Waals surface area contributed by atoms with Crippen molar-refractivity contribution >= 4 is 11.9 Å². The number of amides is 1. The molecule has 92 valence electrons. The Balaban J connectivity index is 2.73. The largest absolute Gasteiger partial charge is 0.444 e. The highest BCUT2D eigenvalue weighted by molar-refractivity contribution is 5.86. The predicted octanol–water partition coefficient (Wildman–Crippen LogP) is 2.22. The normalized spacial score (nSPS) is 25.7. The average molecular weight is 227 g/mol. The maximum absolute atomic E-state index is 11.9. The molecule has 1 amide bonds. The number of hydrogen-bond acceptors (Lipinski definition) is 3. The van der Waals surface area contributed by atoms with Gasteiger partial charge >= 0.3 is 6.09 Å². The van der Waals surface area contributed by atoms with Crippen LogP contribution in [0.4, 0.5) is 4.79 Å². The summed E-state index contributed by atoms with van der Waals surface area (Å²) in [7, 11) is 0. The highest BCUT2D eigenvalue weighted by Crippen LogP contribution is 2.26. The van der Waals surface area contributed by atoms with Crippen LogP contribution in [-0.4, -0.2) is 35.0 Å². The van der Waals surface area contributed by atoms with E-state index in [1.165, 1.54) is 6.92 Å². The molecule has 0 bridgehead atoms. The fraction of sp³-hybridized carbons (Fsp3) is 0.833. The molecule has 1 heterocycles. The summed E-state index contributed by atoms with van der Waals surface area (Å²) in [6.07, 6.45) is 0.487. The number of carbonyl (C=O) groups is 2. The van der Waals surface area contributed by atoms with Gasteiger partial charge in [0.1, 0.15) is 5.60 Å². The number of rotatable bonds is 1. The molecule has 1 fully saturated rings. The first-order chi connectivity index (χ1) is 7.22. The van der Waals surface area contributed by atoms with E-state index in [4.69, 9.17) is 4.74 Å². The van der Waals surface area contributed by atoms with Gasteiger partial charge in [-0.05, 0) is 40.0 Å². The Morgan fingerprint density at radius 2 is 1.88 bits per heavy atom. The fourth-order valence-electron chi connectivity index (χ4n) is 2.09. The second-order valence-corrected chi connectivity index (χ2v) is 5.50. The van der Waals surface area contributed by atoms with Crippen molar-refractivity contribution in [2.45, 2.75) is 52.7 Å². The summed E-state index contributed by atoms with van der Waals surface area (Å²) in [6.45, 7) is 9.62. The van der Waals surface area contributed by atoms with E-state index < -0.39 is 5.60 Å². The molecule has 2 atom stereocenters. The van der Waals surface area contributed by atoms with Gasteiger partial charge in [0.15, 0.2) is 5.78 Å². The molecule has 4 nitrogen and oxygen atoms in total. The molecular weight excluding hydrogens is 206 g/mol. The van der Waals surface area contributed by atoms with Gasteiger partial charge in [-0.2, -0.15) is 0 Å². The van der Waals surface area contributed by atoms with E-state index in [0.29, 0.717) is 6.54 Å². The maximum atomic E-state index is 11.9. The van der Waals surface area contributed by atoms with Crippen LogP contribution in [0.25, 0.3) is 0 Å². The molecule has 1 aliphatic rings. The van der Waals surface area contributed by atoms with Crippen molar-refractivity contribution in [3.63, 3.8) is 0 Å². The van der Waals surface area contributed by atoms with E-state index in [9.17, 15) is 9.59 Å². The first-order valence-electron chi connectivity index (χ1n) is 5.72. The molecule has 0 saturated carbocycles. The summed E-state index contributed by atoms with van der Waals surface area (Å²) < 4.78 is 5.29. The Labute approximate surface area is 96.9 Å². The van der Waals surface area contributed by atoms with Gasteiger partial charge in [0.25, 0.3) is 0 Å². The molecule has 1 rings (SSSR count). The summed E-state index contributed by atoms with van der Waals surface area (Å²) >= 11 is 0. The number of nitrogens with zero attached hydrogens (tertiary/aromatic N) is 1. The van der Waals surface area contributed by atoms with Crippen molar-refractivity contribution in [3.05, 3.63) is 0 Å². The van der Waals surface area contributed by atoms with E-state index in [1.54, 1.807) is 4.90 Å². The van der Waals surface area contributed by atoms with E-state index in [0.717, 1.165) is 6.42 Å². The molecule has 1 saturated heterocycles. The topological polar surface area (TPSA) is 46.6 Å². The lowest BCUT2D eigenvalue weighted by atomic mass is 10.00. The molecule has 0 N–H and O–H groups in total. The van der Waals surface area contributed by atoms with Crippen LogP contribution in [0.2, 0.25) is 0 Å². The van der Waals surface area contributed by atoms with Gasteiger partial charge in [-0.15, -0.1) is 0 Å². The minimum Gasteiger partial charge on any atom is -0.444 e. The molecule has 0 aromatic carbocycles. The lowest BCUT2D eigenvalue weighted by Gasteiger charge is -2.28. The quantitative estimate of drug-likeness (QED) is 0.690. The van der Waals surface area contributed by atoms with Gasteiger partial charge in [0.05, 0.1) is 6.04 Å². The molecule has 16 heavy (non-hydrogen) atoms. The lowest BCUT2D eigenvalue weighted by Crippen LogP contribution is -2.44. The van der Waals surface area contributed by atoms with E-state index in [2.05, 4.69) is 0 Å². The Bertz CT molecular complexity index is 293. The Kier molecular flexibility index (Phi) is 3.61. The van der Waals surface area contributed by atoms with Crippen molar-refractivity contribution in [1.82, 2.24) is 4.90 Å². The van der Waals surface area contributed by atoms with Gasteiger partial charge in [-0.25, -0.2) is 4.79 Å². The SMILES string of the molecule is CC(=O)C1C(C)CCN1C(=O)OC(C)(C)C. The van der Waals surface area contributed by atoms with Gasteiger partial charge in [0, 0.05) is 6.54 Å². The average Bonchev–Trinajstić information content (AvgIpc) is 2.43. The monoisotopic (exact) mass is 227 g/mol. The second kappa shape index (κ2) is 4.44. The highest BCUT2D eigenvalue weighted by atomic mass is 16.6. The number of hydrogen-bond donors (Lipinski definition) is 0. The van der Waals surface area contributed by atoms with Gasteiger partial charge in [-0.1, -0.05) is 6.92 Å². The molecule has 0 aromatic heterocycles. The zero-order chi connectivity index (χ0) is 12.5. The van der Waals surface area contributed by atoms with Crippen molar-refractivity contribution in [2.24, 2.45) is 5.92 Å². The van der Waals surface area contributed by atoms with E-state index >= 15 is 0 Å². The van der Waals surface area contributed by atoms with Crippen molar-refractivity contribution < 1.29 is 14.3 Å². The van der Waals surface area contributed by atoms with Crippen LogP contribution in [0, 0.1) is 5.92 Å². The van der Waals surface area contributed by atoms with Crippen LogP contribution in [0.5, 0.6) is 0 Å². The molecule has 0 spiro atoms. The maximum Gasteiger partial charge on any atom is 0.410 e. The van der Waals surface area contributed by atoms with Crippen molar-refractivity contribution in [2.75, 3.05) is 6.54 Å². The smallest absolute Gasteiger partial charge is 0.410 e. The standard InChI is InChI=1S/C12H21NO3/c1-8-6-7-13(10(8)9(2)14)11(15)16-12(3,4)5/h8,10H,6-7H2,1-5H3. The molecule has 0 radical (unpaired) electrons. The van der Waals surface area contributed by atoms with Crippen LogP contribution in [0.3, 0.4) is 0 Å². The summed E-state index contributed by atoms with van der Waals surface area (Å²) in [5, 5.41) is 0. The molecule has 1 aliphatic heterocycles. The van der Waals surface area contributed by atoms with Gasteiger partial charge < -0.3 is 4.74 Å². The number of likely N-dealkylation sites (tertiary alicyclic amines) is 1. The molecule has 0 aromatic rings. The third kappa shape index (κ3) is 2.97. The minimum absolute atomic E-state index is 0.0378. The van der Waals surface area contributed by atoms with Crippen LogP contribution >= 0.6 is 0 Å². The number of Topliss-reactive ketones (excluding diaryl/α,β-unsaturated/α-hetero) is 1. The zero-order valence-corrected chi connectivity index (χ0v) is 10.7. The molecule has 4 heteroatoms. The van der Waals surface area contributed by atoms with Crippen LogP contribution in [0.15, 0.2) is 0 Å². The number of ether oxygens (including phenoxy) is 1. The third-order valence-electron chi connectivity index (χ3n) is 2.74. The minimum atomic E-state index is -0.510. The molecule has 0 aliphatic carbocycles. The Morgan fingerprint density at radius 3 is 2.31 bits per heavy atom. The zero-order valence-electron chi connectivity index (χ0n) is 10.7. The summed E-state index contributed by atoms with van der Waals surface area (Å²) in [6, 6.07) is -0.310. The highest BCUT2D eigenvalue weighted by Gasteiger charge is 2.39. The third-order valence-corrected chi connectivity index (χ3v) is 2.74. The summed E-state index contributed by atoms with van der Waals surface area (Å²) in [4.78, 5) is 24.9. The second-order valence-electron chi connectivity index (χ2n) is 5.50. The summed E-state index contributed by atoms with van der Waals surface area (Å²) in [5.41, 5.74) is -0.510. The number of carbonyl (C=O) groups excluding carboxylic acids is 2. The van der Waals surface area contributed by atoms with Crippen LogP contribution < -0.4 is 0 Å². The van der Waals surface area contributed by atoms with Crippen molar-refractivity contribution in [3.8, 4) is 0 Å². The predicted molar refractivity (Wildman–Crippen MR) is 61.2 cm³/mol.